The predicted octanol–water partition coefficient (Wildman–Crippen LogP) is -0.113. The van der Waals surface area contributed by atoms with Gasteiger partial charge >= 0.3 is 0 Å². The number of amides is 1. The van der Waals surface area contributed by atoms with Gasteiger partial charge in [0.15, 0.2) is 0 Å². The third kappa shape index (κ3) is 4.01. The number of rotatable bonds is 5. The summed E-state index contributed by atoms with van der Waals surface area (Å²) in [5, 5.41) is 0. The number of nitrogen functional groups attached to an aromatic ring is 1. The van der Waals surface area contributed by atoms with Crippen LogP contribution in [0.25, 0.3) is 0 Å². The van der Waals surface area contributed by atoms with Crippen molar-refractivity contribution in [1.29, 1.82) is 0 Å². The van der Waals surface area contributed by atoms with Gasteiger partial charge in [-0.2, -0.15) is 0 Å². The van der Waals surface area contributed by atoms with Crippen molar-refractivity contribution in [3.8, 4) is 0 Å². The van der Waals surface area contributed by atoms with E-state index in [2.05, 4.69) is 10.4 Å². The summed E-state index contributed by atoms with van der Waals surface area (Å²) in [4.78, 5) is 19.1. The zero-order valence-electron chi connectivity index (χ0n) is 10.5. The minimum atomic E-state index is 0.0682. The lowest BCUT2D eigenvalue weighted by molar-refractivity contribution is -0.129. The van der Waals surface area contributed by atoms with E-state index in [1.807, 2.05) is 24.1 Å². The molecule has 0 bridgehead atoms. The Kier molecular flexibility index (Phi) is 4.86. The molecule has 0 saturated carbocycles. The lowest BCUT2D eigenvalue weighted by Gasteiger charge is -2.19. The van der Waals surface area contributed by atoms with Crippen molar-refractivity contribution >= 4 is 11.7 Å². The number of nitrogens with one attached hydrogen (secondary N) is 1. The van der Waals surface area contributed by atoms with Crippen LogP contribution < -0.4 is 11.3 Å². The average Bonchev–Trinajstić information content (AvgIpc) is 2.29. The van der Waals surface area contributed by atoms with Crippen molar-refractivity contribution in [1.82, 2.24) is 14.8 Å². The maximum atomic E-state index is 11.5. The average molecular weight is 237 g/mol. The van der Waals surface area contributed by atoms with Crippen LogP contribution in [0.5, 0.6) is 0 Å². The molecule has 94 valence electrons. The molecule has 1 aromatic heterocycles. The number of aromatic nitrogens is 1. The van der Waals surface area contributed by atoms with Crippen molar-refractivity contribution in [2.45, 2.75) is 6.54 Å². The maximum absolute atomic E-state index is 11.5. The lowest BCUT2D eigenvalue weighted by atomic mass is 10.2. The molecule has 6 heteroatoms. The number of nitrogens with zero attached hydrogens (tertiary/aromatic N) is 3. The van der Waals surface area contributed by atoms with Gasteiger partial charge in [-0.25, -0.2) is 10.8 Å². The minimum Gasteiger partial charge on any atom is -0.348 e. The van der Waals surface area contributed by atoms with Crippen LogP contribution in [0, 0.1) is 0 Å². The fourth-order valence-corrected chi connectivity index (χ4v) is 1.42. The molecule has 0 fully saturated rings. The van der Waals surface area contributed by atoms with Gasteiger partial charge in [-0.05, 0) is 13.1 Å². The van der Waals surface area contributed by atoms with E-state index < -0.39 is 0 Å². The second kappa shape index (κ2) is 6.17. The smallest absolute Gasteiger partial charge is 0.236 e. The molecule has 0 radical (unpaired) electrons. The maximum Gasteiger partial charge on any atom is 0.236 e. The first-order valence-corrected chi connectivity index (χ1v) is 5.33. The van der Waals surface area contributed by atoms with E-state index in [1.54, 1.807) is 25.2 Å². The van der Waals surface area contributed by atoms with Gasteiger partial charge in [-0.3, -0.25) is 9.69 Å². The summed E-state index contributed by atoms with van der Waals surface area (Å²) in [6, 6.07) is 3.77. The Hall–Kier alpha value is -1.66. The zero-order valence-corrected chi connectivity index (χ0v) is 10.5. The lowest BCUT2D eigenvalue weighted by Crippen LogP contribution is -2.34. The van der Waals surface area contributed by atoms with Crippen molar-refractivity contribution in [2.75, 3.05) is 33.1 Å². The van der Waals surface area contributed by atoms with Crippen LogP contribution in [0.2, 0.25) is 0 Å². The van der Waals surface area contributed by atoms with E-state index in [1.165, 1.54) is 0 Å². The van der Waals surface area contributed by atoms with Gasteiger partial charge in [-0.1, -0.05) is 6.07 Å². The largest absolute Gasteiger partial charge is 0.348 e. The van der Waals surface area contributed by atoms with Gasteiger partial charge in [-0.15, -0.1) is 0 Å². The Labute approximate surface area is 101 Å². The number of hydrazine groups is 1. The van der Waals surface area contributed by atoms with Crippen molar-refractivity contribution in [3.63, 3.8) is 0 Å². The molecular weight excluding hydrogens is 218 g/mol. The predicted molar refractivity (Wildman–Crippen MR) is 67.1 cm³/mol. The minimum absolute atomic E-state index is 0.0682. The Bertz CT molecular complexity index is 380. The molecule has 0 spiro atoms. The summed E-state index contributed by atoms with van der Waals surface area (Å²) in [6.07, 6.45) is 1.67. The highest BCUT2D eigenvalue weighted by molar-refractivity contribution is 5.77. The molecule has 0 saturated heterocycles. The van der Waals surface area contributed by atoms with Crippen LogP contribution in [0.3, 0.4) is 0 Å². The summed E-state index contributed by atoms with van der Waals surface area (Å²) in [7, 11) is 5.37. The van der Waals surface area contributed by atoms with E-state index in [4.69, 9.17) is 5.84 Å². The first kappa shape index (κ1) is 13.4. The van der Waals surface area contributed by atoms with Crippen LogP contribution in [-0.4, -0.2) is 48.4 Å². The molecule has 1 heterocycles. The highest BCUT2D eigenvalue weighted by atomic mass is 16.2. The van der Waals surface area contributed by atoms with Crippen molar-refractivity contribution in [2.24, 2.45) is 5.84 Å². The first-order valence-electron chi connectivity index (χ1n) is 5.33. The van der Waals surface area contributed by atoms with E-state index >= 15 is 0 Å². The fraction of sp³-hybridized carbons (Fsp3) is 0.455. The number of hydrogen-bond donors (Lipinski definition) is 2. The van der Waals surface area contributed by atoms with E-state index in [-0.39, 0.29) is 5.91 Å². The Morgan fingerprint density at radius 3 is 2.76 bits per heavy atom. The molecule has 0 aliphatic heterocycles. The van der Waals surface area contributed by atoms with E-state index in [0.29, 0.717) is 18.9 Å². The number of carbonyl (C=O) groups excluding carboxylic acids is 1. The number of pyridine rings is 1. The molecular formula is C11H19N5O. The third-order valence-electron chi connectivity index (χ3n) is 2.37. The number of hydrogen-bond acceptors (Lipinski definition) is 5. The highest BCUT2D eigenvalue weighted by Gasteiger charge is 2.10. The molecule has 6 nitrogen and oxygen atoms in total. The summed E-state index contributed by atoms with van der Waals surface area (Å²) in [6.45, 7) is 0.985. The van der Waals surface area contributed by atoms with Crippen molar-refractivity contribution in [3.05, 3.63) is 23.9 Å². The van der Waals surface area contributed by atoms with Gasteiger partial charge in [0, 0.05) is 32.4 Å². The molecule has 1 rings (SSSR count). The highest BCUT2D eigenvalue weighted by Crippen LogP contribution is 2.11. The third-order valence-corrected chi connectivity index (χ3v) is 2.37. The molecule has 0 aliphatic carbocycles. The fourth-order valence-electron chi connectivity index (χ4n) is 1.42. The Morgan fingerprint density at radius 1 is 1.47 bits per heavy atom. The monoisotopic (exact) mass is 237 g/mol. The van der Waals surface area contributed by atoms with Gasteiger partial charge in [0.2, 0.25) is 5.91 Å². The summed E-state index contributed by atoms with van der Waals surface area (Å²) in [5.74, 6) is 6.07. The van der Waals surface area contributed by atoms with E-state index in [0.717, 1.165) is 5.56 Å². The SMILES string of the molecule is CN(CC(=O)N(C)C)Cc1cccnc1NN. The van der Waals surface area contributed by atoms with E-state index in [9.17, 15) is 4.79 Å². The van der Waals surface area contributed by atoms with Crippen LogP contribution >= 0.6 is 0 Å². The molecule has 0 unspecified atom stereocenters. The Balaban J connectivity index is 2.61. The number of likely N-dealkylation sites (N-methyl/N-ethyl adjacent to an activating group) is 2. The molecule has 3 N–H and O–H groups in total. The zero-order chi connectivity index (χ0) is 12.8. The topological polar surface area (TPSA) is 74.5 Å². The van der Waals surface area contributed by atoms with Crippen LogP contribution in [0.15, 0.2) is 18.3 Å². The van der Waals surface area contributed by atoms with Gasteiger partial charge in [0.05, 0.1) is 6.54 Å². The van der Waals surface area contributed by atoms with Crippen LogP contribution in [0.4, 0.5) is 5.82 Å². The van der Waals surface area contributed by atoms with Gasteiger partial charge in [0.1, 0.15) is 5.82 Å². The van der Waals surface area contributed by atoms with Gasteiger partial charge < -0.3 is 10.3 Å². The summed E-state index contributed by atoms with van der Waals surface area (Å²) < 4.78 is 0. The van der Waals surface area contributed by atoms with Gasteiger partial charge in [0.25, 0.3) is 0 Å². The number of anilines is 1. The molecule has 0 aliphatic rings. The molecule has 17 heavy (non-hydrogen) atoms. The molecule has 1 aromatic rings. The first-order chi connectivity index (χ1) is 8.04. The Morgan fingerprint density at radius 2 is 2.18 bits per heavy atom. The molecule has 0 atom stereocenters. The van der Waals surface area contributed by atoms with Crippen LogP contribution in [-0.2, 0) is 11.3 Å². The second-order valence-electron chi connectivity index (χ2n) is 4.12. The number of carbonyl (C=O) groups is 1. The summed E-state index contributed by atoms with van der Waals surface area (Å²) in [5.41, 5.74) is 3.51. The molecule has 1 amide bonds. The van der Waals surface area contributed by atoms with Crippen LogP contribution in [0.1, 0.15) is 5.56 Å². The molecule has 0 aromatic carbocycles. The quantitative estimate of drug-likeness (QED) is 0.552. The van der Waals surface area contributed by atoms with Crippen molar-refractivity contribution < 1.29 is 4.79 Å². The number of nitrogens with two attached hydrogens (primary N) is 1. The standard InChI is InChI=1S/C11H19N5O/c1-15(2)10(17)8-16(3)7-9-5-4-6-13-11(9)14-12/h4-6H,7-8,12H2,1-3H3,(H,13,14). The normalized spacial score (nSPS) is 10.4. The summed E-state index contributed by atoms with van der Waals surface area (Å²) >= 11 is 0. The second-order valence-corrected chi connectivity index (χ2v) is 4.12.